The first-order valence-corrected chi connectivity index (χ1v) is 7.93. The van der Waals surface area contributed by atoms with E-state index >= 15 is 0 Å². The van der Waals surface area contributed by atoms with Crippen LogP contribution in [-0.2, 0) is 6.54 Å². The third-order valence-corrected chi connectivity index (χ3v) is 3.90. The summed E-state index contributed by atoms with van der Waals surface area (Å²) in [5.74, 6) is 2.29. The van der Waals surface area contributed by atoms with Crippen LogP contribution in [0.3, 0.4) is 0 Å². The lowest BCUT2D eigenvalue weighted by Gasteiger charge is -2.13. The Balaban J connectivity index is 1.77. The predicted octanol–water partition coefficient (Wildman–Crippen LogP) is 4.15. The molecule has 1 aromatic carbocycles. The maximum Gasteiger partial charge on any atom is 0.136 e. The molecule has 0 unspecified atom stereocenters. The SMILES string of the molecule is Cc1nc(NCc2cccnc2)cc(Nc2cccc(C)c2C)n1. The molecule has 5 heteroatoms. The fourth-order valence-electron chi connectivity index (χ4n) is 2.44. The Bertz CT molecular complexity index is 830. The van der Waals surface area contributed by atoms with Crippen molar-refractivity contribution >= 4 is 17.3 Å². The fourth-order valence-corrected chi connectivity index (χ4v) is 2.44. The summed E-state index contributed by atoms with van der Waals surface area (Å²) in [6.45, 7) is 6.77. The van der Waals surface area contributed by atoms with Crippen molar-refractivity contribution in [2.24, 2.45) is 0 Å². The van der Waals surface area contributed by atoms with Gasteiger partial charge in [0.05, 0.1) is 0 Å². The van der Waals surface area contributed by atoms with Crippen LogP contribution >= 0.6 is 0 Å². The van der Waals surface area contributed by atoms with Crippen molar-refractivity contribution in [1.82, 2.24) is 15.0 Å². The maximum absolute atomic E-state index is 4.48. The van der Waals surface area contributed by atoms with Crippen LogP contribution in [0.15, 0.2) is 48.8 Å². The van der Waals surface area contributed by atoms with Crippen molar-refractivity contribution in [3.05, 3.63) is 71.3 Å². The molecule has 0 fully saturated rings. The highest BCUT2D eigenvalue weighted by Crippen LogP contribution is 2.23. The van der Waals surface area contributed by atoms with E-state index in [2.05, 4.69) is 51.6 Å². The third-order valence-electron chi connectivity index (χ3n) is 3.90. The number of pyridine rings is 1. The summed E-state index contributed by atoms with van der Waals surface area (Å²) >= 11 is 0. The van der Waals surface area contributed by atoms with Crippen molar-refractivity contribution in [3.8, 4) is 0 Å². The molecule has 122 valence electrons. The molecule has 3 aromatic rings. The number of hydrogen-bond donors (Lipinski definition) is 2. The largest absolute Gasteiger partial charge is 0.366 e. The Morgan fingerprint density at radius 2 is 1.79 bits per heavy atom. The molecule has 2 N–H and O–H groups in total. The number of hydrogen-bond acceptors (Lipinski definition) is 5. The monoisotopic (exact) mass is 319 g/mol. The summed E-state index contributed by atoms with van der Waals surface area (Å²) in [5, 5.41) is 6.71. The van der Waals surface area contributed by atoms with Gasteiger partial charge in [0, 0.05) is 30.7 Å². The first kappa shape index (κ1) is 15.9. The van der Waals surface area contributed by atoms with Crippen LogP contribution in [0, 0.1) is 20.8 Å². The average Bonchev–Trinajstić information content (AvgIpc) is 2.58. The van der Waals surface area contributed by atoms with Gasteiger partial charge in [-0.3, -0.25) is 4.98 Å². The van der Waals surface area contributed by atoms with Crippen molar-refractivity contribution in [2.75, 3.05) is 10.6 Å². The van der Waals surface area contributed by atoms with Crippen LogP contribution in [0.1, 0.15) is 22.5 Å². The molecule has 2 heterocycles. The topological polar surface area (TPSA) is 62.7 Å². The van der Waals surface area contributed by atoms with Crippen LogP contribution in [-0.4, -0.2) is 15.0 Å². The molecule has 0 aliphatic heterocycles. The quantitative estimate of drug-likeness (QED) is 0.739. The smallest absolute Gasteiger partial charge is 0.136 e. The van der Waals surface area contributed by atoms with Crippen molar-refractivity contribution in [1.29, 1.82) is 0 Å². The minimum Gasteiger partial charge on any atom is -0.366 e. The Kier molecular flexibility index (Phi) is 4.70. The standard InChI is InChI=1S/C19H21N5/c1-13-6-4-8-17(14(13)2)24-19-10-18(22-15(3)23-19)21-12-16-7-5-9-20-11-16/h4-11H,12H2,1-3H3,(H2,21,22,23,24). The Labute approximate surface area is 142 Å². The molecule has 0 atom stereocenters. The first-order chi connectivity index (χ1) is 11.6. The summed E-state index contributed by atoms with van der Waals surface area (Å²) in [5.41, 5.74) is 4.64. The molecule has 0 spiro atoms. The number of aryl methyl sites for hydroxylation is 2. The van der Waals surface area contributed by atoms with Crippen molar-refractivity contribution in [2.45, 2.75) is 27.3 Å². The van der Waals surface area contributed by atoms with E-state index in [1.807, 2.05) is 37.4 Å². The second-order valence-electron chi connectivity index (χ2n) is 5.77. The van der Waals surface area contributed by atoms with Gasteiger partial charge in [-0.25, -0.2) is 9.97 Å². The zero-order valence-electron chi connectivity index (χ0n) is 14.2. The number of benzene rings is 1. The minimum absolute atomic E-state index is 0.674. The highest BCUT2D eigenvalue weighted by Gasteiger charge is 2.05. The van der Waals surface area contributed by atoms with Gasteiger partial charge in [-0.05, 0) is 49.6 Å². The summed E-state index contributed by atoms with van der Waals surface area (Å²) in [4.78, 5) is 13.0. The van der Waals surface area contributed by atoms with E-state index in [4.69, 9.17) is 0 Å². The number of rotatable bonds is 5. The molecule has 0 aliphatic carbocycles. The van der Waals surface area contributed by atoms with Gasteiger partial charge in [-0.1, -0.05) is 18.2 Å². The minimum atomic E-state index is 0.674. The number of aromatic nitrogens is 3. The molecule has 0 saturated heterocycles. The van der Waals surface area contributed by atoms with Crippen LogP contribution in [0.4, 0.5) is 17.3 Å². The van der Waals surface area contributed by atoms with Crippen LogP contribution in [0.25, 0.3) is 0 Å². The zero-order chi connectivity index (χ0) is 16.9. The van der Waals surface area contributed by atoms with Crippen LogP contribution in [0.2, 0.25) is 0 Å². The second-order valence-corrected chi connectivity index (χ2v) is 5.77. The average molecular weight is 319 g/mol. The van der Waals surface area contributed by atoms with Gasteiger partial charge < -0.3 is 10.6 Å². The van der Waals surface area contributed by atoms with Gasteiger partial charge in [-0.15, -0.1) is 0 Å². The highest BCUT2D eigenvalue weighted by atomic mass is 15.1. The lowest BCUT2D eigenvalue weighted by atomic mass is 10.1. The van der Waals surface area contributed by atoms with E-state index < -0.39 is 0 Å². The molecule has 0 bridgehead atoms. The Morgan fingerprint density at radius 1 is 0.958 bits per heavy atom. The molecule has 0 radical (unpaired) electrons. The van der Waals surface area contributed by atoms with Gasteiger partial charge >= 0.3 is 0 Å². The van der Waals surface area contributed by atoms with Crippen molar-refractivity contribution < 1.29 is 0 Å². The van der Waals surface area contributed by atoms with Gasteiger partial charge in [0.2, 0.25) is 0 Å². The molecule has 24 heavy (non-hydrogen) atoms. The Morgan fingerprint density at radius 3 is 2.58 bits per heavy atom. The molecule has 5 nitrogen and oxygen atoms in total. The van der Waals surface area contributed by atoms with E-state index in [0.717, 1.165) is 28.7 Å². The van der Waals surface area contributed by atoms with Gasteiger partial charge in [0.1, 0.15) is 17.5 Å². The number of nitrogens with one attached hydrogen (secondary N) is 2. The molecule has 2 aromatic heterocycles. The van der Waals surface area contributed by atoms with Crippen LogP contribution < -0.4 is 10.6 Å². The molecular weight excluding hydrogens is 298 g/mol. The summed E-state index contributed by atoms with van der Waals surface area (Å²) in [7, 11) is 0. The fraction of sp³-hybridized carbons (Fsp3) is 0.211. The summed E-state index contributed by atoms with van der Waals surface area (Å²) in [6.07, 6.45) is 3.61. The zero-order valence-corrected chi connectivity index (χ0v) is 14.2. The number of nitrogens with zero attached hydrogens (tertiary/aromatic N) is 3. The van der Waals surface area contributed by atoms with Gasteiger partial charge in [0.25, 0.3) is 0 Å². The second kappa shape index (κ2) is 7.08. The van der Waals surface area contributed by atoms with Gasteiger partial charge in [-0.2, -0.15) is 0 Å². The maximum atomic E-state index is 4.48. The number of anilines is 3. The highest BCUT2D eigenvalue weighted by molar-refractivity contribution is 5.63. The molecule has 0 amide bonds. The molecule has 0 saturated carbocycles. The first-order valence-electron chi connectivity index (χ1n) is 7.93. The third kappa shape index (κ3) is 3.87. The lowest BCUT2D eigenvalue weighted by molar-refractivity contribution is 1.02. The Hall–Kier alpha value is -2.95. The van der Waals surface area contributed by atoms with Crippen molar-refractivity contribution in [3.63, 3.8) is 0 Å². The van der Waals surface area contributed by atoms with E-state index in [-0.39, 0.29) is 0 Å². The summed E-state index contributed by atoms with van der Waals surface area (Å²) in [6, 6.07) is 12.1. The van der Waals surface area contributed by atoms with E-state index in [1.165, 1.54) is 11.1 Å². The molecular formula is C19H21N5. The van der Waals surface area contributed by atoms with Crippen LogP contribution in [0.5, 0.6) is 0 Å². The lowest BCUT2D eigenvalue weighted by Crippen LogP contribution is -2.05. The normalized spacial score (nSPS) is 10.5. The molecule has 3 rings (SSSR count). The summed E-state index contributed by atoms with van der Waals surface area (Å²) < 4.78 is 0. The van der Waals surface area contributed by atoms with Gasteiger partial charge in [0.15, 0.2) is 0 Å². The predicted molar refractivity (Wildman–Crippen MR) is 97.5 cm³/mol. The molecule has 0 aliphatic rings. The van der Waals surface area contributed by atoms with E-state index in [9.17, 15) is 0 Å². The van der Waals surface area contributed by atoms with E-state index in [1.54, 1.807) is 6.20 Å². The van der Waals surface area contributed by atoms with E-state index in [0.29, 0.717) is 6.54 Å².